The van der Waals surface area contributed by atoms with Gasteiger partial charge >= 0.3 is 0 Å². The van der Waals surface area contributed by atoms with E-state index in [-0.39, 0.29) is 12.0 Å². The summed E-state index contributed by atoms with van der Waals surface area (Å²) < 4.78 is 6.86. The Balaban J connectivity index is 1.34. The molecule has 3 aromatic rings. The molecule has 2 saturated heterocycles. The second kappa shape index (κ2) is 8.95. The zero-order chi connectivity index (χ0) is 24.1. The molecule has 0 spiro atoms. The number of hydrogen-bond donors (Lipinski definition) is 2. The van der Waals surface area contributed by atoms with Crippen LogP contribution in [-0.4, -0.2) is 74.9 Å². The van der Waals surface area contributed by atoms with Crippen LogP contribution in [0.2, 0.25) is 10.2 Å². The van der Waals surface area contributed by atoms with E-state index in [9.17, 15) is 5.11 Å². The molecule has 2 aliphatic rings. The van der Waals surface area contributed by atoms with Crippen LogP contribution in [0.5, 0.6) is 0 Å². The molecule has 0 bridgehead atoms. The van der Waals surface area contributed by atoms with Crippen LogP contribution in [0.25, 0.3) is 10.9 Å². The Morgan fingerprint density at radius 2 is 1.97 bits per heavy atom. The fourth-order valence-electron chi connectivity index (χ4n) is 4.62. The van der Waals surface area contributed by atoms with Crippen molar-refractivity contribution in [1.82, 2.24) is 24.6 Å². The summed E-state index contributed by atoms with van der Waals surface area (Å²) >= 11 is 13.1. The fourth-order valence-corrected chi connectivity index (χ4v) is 5.15. The number of ether oxygens (including phenoxy) is 1. The maximum atomic E-state index is 10.0. The van der Waals surface area contributed by atoms with Gasteiger partial charge in [-0.3, -0.25) is 0 Å². The largest absolute Gasteiger partial charge is 0.389 e. The van der Waals surface area contributed by atoms with Crippen molar-refractivity contribution in [2.45, 2.75) is 50.2 Å². The van der Waals surface area contributed by atoms with E-state index in [0.717, 1.165) is 47.4 Å². The van der Waals surface area contributed by atoms with Crippen LogP contribution >= 0.6 is 23.2 Å². The molecule has 34 heavy (non-hydrogen) atoms. The van der Waals surface area contributed by atoms with E-state index in [0.29, 0.717) is 35.9 Å². The van der Waals surface area contributed by atoms with Gasteiger partial charge in [-0.1, -0.05) is 23.2 Å². The number of nitrogens with zero attached hydrogens (tertiary/aromatic N) is 5. The minimum Gasteiger partial charge on any atom is -0.389 e. The lowest BCUT2D eigenvalue weighted by molar-refractivity contribution is -0.0983. The number of benzene rings is 1. The number of nitrogens with one attached hydrogen (secondary N) is 1. The van der Waals surface area contributed by atoms with Crippen molar-refractivity contribution in [3.8, 4) is 0 Å². The third-order valence-electron chi connectivity index (χ3n) is 6.53. The monoisotopic (exact) mass is 500 g/mol. The molecule has 0 unspecified atom stereocenters. The van der Waals surface area contributed by atoms with Gasteiger partial charge in [-0.05, 0) is 63.4 Å². The smallest absolute Gasteiger partial charge is 0.227 e. The third kappa shape index (κ3) is 4.77. The summed E-state index contributed by atoms with van der Waals surface area (Å²) in [5, 5.41) is 19.4. The molecule has 0 amide bonds. The van der Waals surface area contributed by atoms with Gasteiger partial charge in [0.1, 0.15) is 7.85 Å². The number of fused-ring (bicyclic) bond motifs is 1. The number of hydrogen-bond acceptors (Lipinski definition) is 7. The first-order valence-electron chi connectivity index (χ1n) is 11.4. The van der Waals surface area contributed by atoms with Crippen molar-refractivity contribution in [1.29, 1.82) is 0 Å². The van der Waals surface area contributed by atoms with Gasteiger partial charge in [-0.15, -0.1) is 0 Å². The van der Waals surface area contributed by atoms with Crippen LogP contribution in [0.1, 0.15) is 38.2 Å². The number of likely N-dealkylation sites (tertiary alicyclic amines) is 1. The Kier molecular flexibility index (Phi) is 6.27. The summed E-state index contributed by atoms with van der Waals surface area (Å²) in [6.07, 6.45) is 5.31. The average Bonchev–Trinajstić information content (AvgIpc) is 3.09. The molecule has 2 radical (unpaired) electrons. The van der Waals surface area contributed by atoms with E-state index in [1.165, 1.54) is 4.68 Å². The van der Waals surface area contributed by atoms with E-state index in [2.05, 4.69) is 26.4 Å². The molecule has 2 aromatic heterocycles. The van der Waals surface area contributed by atoms with Gasteiger partial charge in [-0.2, -0.15) is 5.10 Å². The van der Waals surface area contributed by atoms with Gasteiger partial charge in [-0.25, -0.2) is 14.6 Å². The predicted octanol–water partition coefficient (Wildman–Crippen LogP) is 3.72. The summed E-state index contributed by atoms with van der Waals surface area (Å²) in [6, 6.07) is 4.00. The van der Waals surface area contributed by atoms with Gasteiger partial charge in [0, 0.05) is 22.0 Å². The van der Waals surface area contributed by atoms with E-state index in [4.69, 9.17) is 40.8 Å². The molecular formula is C23H27BCl2N6O2. The molecule has 5 rings (SSSR count). The Labute approximate surface area is 210 Å². The molecule has 11 heteroatoms. The zero-order valence-corrected chi connectivity index (χ0v) is 20.8. The molecule has 4 heterocycles. The summed E-state index contributed by atoms with van der Waals surface area (Å²) in [6.45, 7) is 6.71. The van der Waals surface area contributed by atoms with E-state index in [1.54, 1.807) is 26.2 Å². The quantitative estimate of drug-likeness (QED) is 0.498. The van der Waals surface area contributed by atoms with Crippen LogP contribution in [-0.2, 0) is 11.3 Å². The van der Waals surface area contributed by atoms with Crippen molar-refractivity contribution < 1.29 is 9.84 Å². The lowest BCUT2D eigenvalue weighted by atomic mass is 9.72. The van der Waals surface area contributed by atoms with Gasteiger partial charge in [0.15, 0.2) is 5.15 Å². The summed E-state index contributed by atoms with van der Waals surface area (Å²) in [5.41, 5.74) is 1.23. The number of aromatic nitrogens is 4. The average molecular weight is 501 g/mol. The van der Waals surface area contributed by atoms with Crippen molar-refractivity contribution in [3.05, 3.63) is 40.3 Å². The van der Waals surface area contributed by atoms with Crippen LogP contribution in [0.15, 0.2) is 24.5 Å². The summed E-state index contributed by atoms with van der Waals surface area (Å²) in [4.78, 5) is 11.4. The number of piperidine rings is 1. The molecular weight excluding hydrogens is 474 g/mol. The Morgan fingerprint density at radius 3 is 2.62 bits per heavy atom. The highest BCUT2D eigenvalue weighted by Gasteiger charge is 2.40. The van der Waals surface area contributed by atoms with Crippen molar-refractivity contribution >= 4 is 53.6 Å². The molecule has 2 aliphatic heterocycles. The van der Waals surface area contributed by atoms with E-state index >= 15 is 0 Å². The van der Waals surface area contributed by atoms with Crippen molar-refractivity contribution in [2.75, 3.05) is 31.6 Å². The maximum Gasteiger partial charge on any atom is 0.227 e. The topological polar surface area (TPSA) is 88.3 Å². The fraction of sp³-hybridized carbons (Fsp3) is 0.522. The van der Waals surface area contributed by atoms with Gasteiger partial charge in [0.05, 0.1) is 42.8 Å². The molecule has 2 fully saturated rings. The highest BCUT2D eigenvalue weighted by atomic mass is 35.5. The first-order valence-corrected chi connectivity index (χ1v) is 12.2. The van der Waals surface area contributed by atoms with Crippen LogP contribution < -0.4 is 5.32 Å². The molecule has 0 aliphatic carbocycles. The van der Waals surface area contributed by atoms with E-state index in [1.807, 2.05) is 6.07 Å². The lowest BCUT2D eigenvalue weighted by Crippen LogP contribution is -2.64. The van der Waals surface area contributed by atoms with Crippen LogP contribution in [0, 0.1) is 0 Å². The molecule has 2 N–H and O–H groups in total. The number of anilines is 2. The predicted molar refractivity (Wildman–Crippen MR) is 134 cm³/mol. The van der Waals surface area contributed by atoms with Crippen molar-refractivity contribution in [2.24, 2.45) is 0 Å². The zero-order valence-electron chi connectivity index (χ0n) is 19.3. The van der Waals surface area contributed by atoms with Crippen LogP contribution in [0.4, 0.5) is 11.6 Å². The van der Waals surface area contributed by atoms with Gasteiger partial charge < -0.3 is 20.1 Å². The highest BCUT2D eigenvalue weighted by Crippen LogP contribution is 2.37. The normalized spacial score (nSPS) is 19.3. The molecule has 0 atom stereocenters. The third-order valence-corrected chi connectivity index (χ3v) is 7.25. The number of halogens is 2. The first-order chi connectivity index (χ1) is 16.1. The highest BCUT2D eigenvalue weighted by molar-refractivity contribution is 6.32. The standard InChI is InChI=1S/C23H27BCl2N6O2/c1-22(2,33)11-32-20(26)19(10-28-32)30-21-27-9-15-7-17(25)16(8-18(15)29-21)14-3-5-31(6-4-14)23(24)12-34-13-23/h7-10,14,33H,3-6,11-13H2,1-2H3,(H,27,29,30). The van der Waals surface area contributed by atoms with E-state index < -0.39 is 5.60 Å². The molecule has 1 aromatic carbocycles. The SMILES string of the molecule is [B]C1(N2CCC(c3cc4nc(Nc5cnn(CC(C)(C)O)c5Cl)ncc4cc3Cl)CC2)COC1. The van der Waals surface area contributed by atoms with Crippen molar-refractivity contribution in [3.63, 3.8) is 0 Å². The second-order valence-corrected chi connectivity index (χ2v) is 10.7. The second-order valence-electron chi connectivity index (χ2n) is 9.93. The minimum atomic E-state index is -0.936. The molecule has 8 nitrogen and oxygen atoms in total. The Hall–Kier alpha value is -1.91. The Morgan fingerprint density at radius 1 is 1.24 bits per heavy atom. The van der Waals surface area contributed by atoms with Crippen LogP contribution in [0.3, 0.4) is 0 Å². The number of aliphatic hydroxyl groups is 1. The minimum absolute atomic E-state index is 0.269. The van der Waals surface area contributed by atoms with Gasteiger partial charge in [0.25, 0.3) is 0 Å². The first kappa shape index (κ1) is 23.8. The summed E-state index contributed by atoms with van der Waals surface area (Å²) in [7, 11) is 6.41. The Bertz CT molecular complexity index is 1200. The molecule has 0 saturated carbocycles. The van der Waals surface area contributed by atoms with Gasteiger partial charge in [0.2, 0.25) is 5.95 Å². The summed E-state index contributed by atoms with van der Waals surface area (Å²) in [5.74, 6) is 0.758. The lowest BCUT2D eigenvalue weighted by Gasteiger charge is -2.50. The number of rotatable bonds is 6. The maximum absolute atomic E-state index is 10.0. The molecule has 178 valence electrons.